The van der Waals surface area contributed by atoms with E-state index in [1.54, 1.807) is 24.3 Å². The average molecular weight is 404 g/mol. The molecule has 30 heavy (non-hydrogen) atoms. The van der Waals surface area contributed by atoms with Crippen molar-refractivity contribution in [2.45, 2.75) is 39.5 Å². The Morgan fingerprint density at radius 1 is 0.767 bits per heavy atom. The summed E-state index contributed by atoms with van der Waals surface area (Å²) in [5.74, 6) is 0.477. The van der Waals surface area contributed by atoms with Crippen LogP contribution in [0.4, 0.5) is 5.69 Å². The molecule has 0 aromatic heterocycles. The third-order valence-electron chi connectivity index (χ3n) is 5.91. The summed E-state index contributed by atoms with van der Waals surface area (Å²) in [6.45, 7) is 10.6. The van der Waals surface area contributed by atoms with E-state index in [9.17, 15) is 9.59 Å². The molecule has 2 heterocycles. The van der Waals surface area contributed by atoms with Gasteiger partial charge in [-0.2, -0.15) is 0 Å². The number of imide groups is 1. The Morgan fingerprint density at radius 3 is 1.87 bits per heavy atom. The molecule has 0 bridgehead atoms. The summed E-state index contributed by atoms with van der Waals surface area (Å²) in [5, 5.41) is 0. The van der Waals surface area contributed by atoms with Crippen molar-refractivity contribution in [2.75, 3.05) is 24.7 Å². The van der Waals surface area contributed by atoms with Crippen molar-refractivity contribution in [3.63, 3.8) is 0 Å². The monoisotopic (exact) mass is 403 g/mol. The summed E-state index contributed by atoms with van der Waals surface area (Å²) in [6, 6.07) is 13.6. The van der Waals surface area contributed by atoms with E-state index in [1.807, 2.05) is 0 Å². The fourth-order valence-corrected chi connectivity index (χ4v) is 4.27. The number of nitrogens with zero attached hydrogens (tertiary/aromatic N) is 3. The number of carbonyl (C=O) groups excluding carboxylic acids is 2. The van der Waals surface area contributed by atoms with Gasteiger partial charge in [-0.3, -0.25) is 14.5 Å². The van der Waals surface area contributed by atoms with Crippen LogP contribution < -0.4 is 4.90 Å². The molecular weight excluding hydrogens is 374 g/mol. The lowest BCUT2D eigenvalue weighted by Crippen LogP contribution is -2.37. The van der Waals surface area contributed by atoms with E-state index in [0.717, 1.165) is 0 Å². The molecule has 2 aromatic carbocycles. The summed E-state index contributed by atoms with van der Waals surface area (Å²) in [6.07, 6.45) is 4.16. The number of benzene rings is 2. The second-order valence-corrected chi connectivity index (χ2v) is 8.62. The molecule has 0 aliphatic carbocycles. The van der Waals surface area contributed by atoms with Gasteiger partial charge in [0, 0.05) is 31.2 Å². The fraction of sp³-hybridized carbons (Fsp3) is 0.360. The topological polar surface area (TPSA) is 43.9 Å². The van der Waals surface area contributed by atoms with Gasteiger partial charge in [0.15, 0.2) is 0 Å². The van der Waals surface area contributed by atoms with Gasteiger partial charge in [-0.25, -0.2) is 0 Å². The van der Waals surface area contributed by atoms with E-state index in [-0.39, 0.29) is 11.8 Å². The molecule has 0 saturated heterocycles. The predicted octanol–water partition coefficient (Wildman–Crippen LogP) is 4.78. The lowest BCUT2D eigenvalue weighted by molar-refractivity contribution is 0.0645. The highest BCUT2D eigenvalue weighted by atomic mass is 16.2. The largest absolute Gasteiger partial charge is 0.356 e. The molecule has 0 spiro atoms. The van der Waals surface area contributed by atoms with Crippen LogP contribution in [-0.4, -0.2) is 41.4 Å². The minimum absolute atomic E-state index is 0.192. The number of amides is 2. The van der Waals surface area contributed by atoms with Crippen LogP contribution in [0.2, 0.25) is 0 Å². The quantitative estimate of drug-likeness (QED) is 0.651. The first-order valence-electron chi connectivity index (χ1n) is 10.7. The fourth-order valence-electron chi connectivity index (χ4n) is 4.27. The van der Waals surface area contributed by atoms with E-state index < -0.39 is 0 Å². The molecule has 0 radical (unpaired) electrons. The van der Waals surface area contributed by atoms with Crippen LogP contribution in [-0.2, 0) is 0 Å². The standard InChI is InChI=1S/C25H29N3O2/c1-17(2)19-10-7-11-20(18(3)4)23(19)27-14-12-26(16-27)13-15-28-24(29)21-8-5-6-9-22(21)25(28)30/h5-12,14,17-18H,13,15-16H2,1-4H3. The van der Waals surface area contributed by atoms with Crippen molar-refractivity contribution in [3.8, 4) is 0 Å². The van der Waals surface area contributed by atoms with Gasteiger partial charge >= 0.3 is 0 Å². The molecule has 2 amide bonds. The number of rotatable bonds is 6. The third kappa shape index (κ3) is 3.49. The van der Waals surface area contributed by atoms with Crippen molar-refractivity contribution < 1.29 is 9.59 Å². The zero-order valence-electron chi connectivity index (χ0n) is 18.1. The van der Waals surface area contributed by atoms with Crippen molar-refractivity contribution in [1.29, 1.82) is 0 Å². The van der Waals surface area contributed by atoms with Gasteiger partial charge in [0.1, 0.15) is 0 Å². The van der Waals surface area contributed by atoms with Crippen molar-refractivity contribution in [1.82, 2.24) is 9.80 Å². The van der Waals surface area contributed by atoms with E-state index in [0.29, 0.717) is 42.7 Å². The first kappa shape index (κ1) is 20.2. The number of fused-ring (bicyclic) bond motifs is 1. The summed E-state index contributed by atoms with van der Waals surface area (Å²) in [7, 11) is 0. The zero-order valence-corrected chi connectivity index (χ0v) is 18.1. The van der Waals surface area contributed by atoms with E-state index in [1.165, 1.54) is 21.7 Å². The highest BCUT2D eigenvalue weighted by Gasteiger charge is 2.35. The summed E-state index contributed by atoms with van der Waals surface area (Å²) >= 11 is 0. The Bertz CT molecular complexity index is 948. The Labute approximate surface area is 178 Å². The third-order valence-corrected chi connectivity index (χ3v) is 5.91. The number of hydrogen-bond donors (Lipinski definition) is 0. The zero-order chi connectivity index (χ0) is 21.4. The molecule has 2 aromatic rings. The molecule has 5 heteroatoms. The number of hydrogen-bond acceptors (Lipinski definition) is 4. The predicted molar refractivity (Wildman–Crippen MR) is 120 cm³/mol. The molecule has 4 rings (SSSR count). The molecular formula is C25H29N3O2. The normalized spacial score (nSPS) is 15.9. The number of carbonyl (C=O) groups is 2. The maximum atomic E-state index is 12.6. The maximum absolute atomic E-state index is 12.6. The molecule has 2 aliphatic rings. The van der Waals surface area contributed by atoms with Crippen molar-refractivity contribution in [3.05, 3.63) is 77.1 Å². The molecule has 0 saturated carbocycles. The van der Waals surface area contributed by atoms with Gasteiger partial charge in [0.2, 0.25) is 0 Å². The minimum Gasteiger partial charge on any atom is -0.356 e. The summed E-state index contributed by atoms with van der Waals surface area (Å²) in [5.41, 5.74) is 4.98. The SMILES string of the molecule is CC(C)c1cccc(C(C)C)c1N1C=CN(CCN2C(=O)c3ccccc3C2=O)C1. The molecule has 5 nitrogen and oxygen atoms in total. The van der Waals surface area contributed by atoms with E-state index in [2.05, 4.69) is 68.1 Å². The first-order valence-corrected chi connectivity index (χ1v) is 10.7. The Balaban J connectivity index is 1.47. The van der Waals surface area contributed by atoms with Gasteiger partial charge in [-0.15, -0.1) is 0 Å². The molecule has 0 N–H and O–H groups in total. The molecule has 0 fully saturated rings. The maximum Gasteiger partial charge on any atom is 0.261 e. The van der Waals surface area contributed by atoms with Crippen LogP contribution in [0, 0.1) is 0 Å². The number of anilines is 1. The second-order valence-electron chi connectivity index (χ2n) is 8.62. The van der Waals surface area contributed by atoms with Crippen LogP contribution in [0.25, 0.3) is 0 Å². The van der Waals surface area contributed by atoms with Gasteiger partial charge in [-0.05, 0) is 35.1 Å². The summed E-state index contributed by atoms with van der Waals surface area (Å²) < 4.78 is 0. The van der Waals surface area contributed by atoms with E-state index in [4.69, 9.17) is 0 Å². The van der Waals surface area contributed by atoms with Crippen molar-refractivity contribution >= 4 is 17.5 Å². The van der Waals surface area contributed by atoms with Crippen molar-refractivity contribution in [2.24, 2.45) is 0 Å². The van der Waals surface area contributed by atoms with Gasteiger partial charge in [0.25, 0.3) is 11.8 Å². The summed E-state index contributed by atoms with van der Waals surface area (Å²) in [4.78, 5) is 31.0. The van der Waals surface area contributed by atoms with Crippen LogP contribution >= 0.6 is 0 Å². The molecule has 0 atom stereocenters. The van der Waals surface area contributed by atoms with Crippen LogP contribution in [0.3, 0.4) is 0 Å². The number of para-hydroxylation sites is 1. The first-order chi connectivity index (χ1) is 14.4. The Morgan fingerprint density at radius 2 is 1.33 bits per heavy atom. The molecule has 0 unspecified atom stereocenters. The van der Waals surface area contributed by atoms with Gasteiger partial charge in [-0.1, -0.05) is 58.0 Å². The Kier molecular flexibility index (Phi) is 5.37. The van der Waals surface area contributed by atoms with Gasteiger partial charge < -0.3 is 9.80 Å². The minimum atomic E-state index is -0.192. The second kappa shape index (κ2) is 7.98. The van der Waals surface area contributed by atoms with Crippen LogP contribution in [0.5, 0.6) is 0 Å². The van der Waals surface area contributed by atoms with E-state index >= 15 is 0 Å². The Hall–Kier alpha value is -3.08. The van der Waals surface area contributed by atoms with Gasteiger partial charge in [0.05, 0.1) is 17.8 Å². The lowest BCUT2D eigenvalue weighted by atomic mass is 9.92. The van der Waals surface area contributed by atoms with Crippen LogP contribution in [0.15, 0.2) is 54.9 Å². The van der Waals surface area contributed by atoms with Crippen LogP contribution in [0.1, 0.15) is 71.4 Å². The average Bonchev–Trinajstić information content (AvgIpc) is 3.29. The lowest BCUT2D eigenvalue weighted by Gasteiger charge is -2.28. The molecule has 2 aliphatic heterocycles. The smallest absolute Gasteiger partial charge is 0.261 e. The highest BCUT2D eigenvalue weighted by molar-refractivity contribution is 6.21. The molecule has 156 valence electrons. The highest BCUT2D eigenvalue weighted by Crippen LogP contribution is 2.36.